The summed E-state index contributed by atoms with van der Waals surface area (Å²) in [6.45, 7) is -0.294. The van der Waals surface area contributed by atoms with Gasteiger partial charge in [-0.05, 0) is 30.3 Å². The van der Waals surface area contributed by atoms with Gasteiger partial charge in [0.25, 0.3) is 10.0 Å². The molecule has 0 saturated heterocycles. The van der Waals surface area contributed by atoms with Crippen LogP contribution in [0.1, 0.15) is 5.56 Å². The largest absolute Gasteiger partial charge is 0.496 e. The van der Waals surface area contributed by atoms with Crippen molar-refractivity contribution in [1.29, 1.82) is 0 Å². The zero-order valence-corrected chi connectivity index (χ0v) is 11.7. The lowest BCUT2D eigenvalue weighted by Crippen LogP contribution is -2.13. The third-order valence-electron chi connectivity index (χ3n) is 2.76. The van der Waals surface area contributed by atoms with Crippen LogP contribution in [-0.4, -0.2) is 20.6 Å². The van der Waals surface area contributed by atoms with E-state index in [4.69, 9.17) is 4.74 Å². The smallest absolute Gasteiger partial charge is 0.261 e. The second-order valence-corrected chi connectivity index (χ2v) is 5.79. The standard InChI is InChI=1S/C14H15NO4S/c1-19-14-8-7-13(9-11(14)10-16)20(17,18)15-12-5-3-2-4-6-12/h2-9,15-16H,10H2,1H3. The quantitative estimate of drug-likeness (QED) is 0.884. The van der Waals surface area contributed by atoms with Gasteiger partial charge in [-0.2, -0.15) is 0 Å². The van der Waals surface area contributed by atoms with Crippen LogP contribution in [0.25, 0.3) is 0 Å². The van der Waals surface area contributed by atoms with E-state index in [9.17, 15) is 13.5 Å². The highest BCUT2D eigenvalue weighted by atomic mass is 32.2. The summed E-state index contributed by atoms with van der Waals surface area (Å²) in [6.07, 6.45) is 0. The van der Waals surface area contributed by atoms with Crippen molar-refractivity contribution in [3.05, 3.63) is 54.1 Å². The average molecular weight is 293 g/mol. The Labute approximate surface area is 117 Å². The van der Waals surface area contributed by atoms with Crippen molar-refractivity contribution in [1.82, 2.24) is 0 Å². The topological polar surface area (TPSA) is 75.6 Å². The Hall–Kier alpha value is -2.05. The third-order valence-corrected chi connectivity index (χ3v) is 4.14. The maximum atomic E-state index is 12.2. The summed E-state index contributed by atoms with van der Waals surface area (Å²) in [4.78, 5) is 0.0752. The van der Waals surface area contributed by atoms with Crippen LogP contribution in [0.15, 0.2) is 53.4 Å². The number of benzene rings is 2. The Balaban J connectivity index is 2.35. The highest BCUT2D eigenvalue weighted by molar-refractivity contribution is 7.92. The van der Waals surface area contributed by atoms with Gasteiger partial charge in [-0.3, -0.25) is 4.72 Å². The zero-order chi connectivity index (χ0) is 14.6. The first-order valence-electron chi connectivity index (χ1n) is 5.92. The Morgan fingerprint density at radius 1 is 1.15 bits per heavy atom. The van der Waals surface area contributed by atoms with Gasteiger partial charge < -0.3 is 9.84 Å². The van der Waals surface area contributed by atoms with E-state index in [0.29, 0.717) is 17.0 Å². The SMILES string of the molecule is COc1ccc(S(=O)(=O)Nc2ccccc2)cc1CO. The minimum atomic E-state index is -3.69. The summed E-state index contributed by atoms with van der Waals surface area (Å²) in [5, 5.41) is 9.23. The molecule has 0 heterocycles. The van der Waals surface area contributed by atoms with Crippen molar-refractivity contribution in [3.63, 3.8) is 0 Å². The number of anilines is 1. The molecule has 0 amide bonds. The molecule has 0 aliphatic rings. The van der Waals surface area contributed by atoms with Gasteiger partial charge >= 0.3 is 0 Å². The van der Waals surface area contributed by atoms with Crippen molar-refractivity contribution in [2.75, 3.05) is 11.8 Å². The highest BCUT2D eigenvalue weighted by Crippen LogP contribution is 2.23. The summed E-state index contributed by atoms with van der Waals surface area (Å²) in [6, 6.07) is 13.0. The van der Waals surface area contributed by atoms with Crippen molar-refractivity contribution < 1.29 is 18.3 Å². The fourth-order valence-corrected chi connectivity index (χ4v) is 2.87. The molecule has 0 saturated carbocycles. The number of aliphatic hydroxyl groups is 1. The average Bonchev–Trinajstić information content (AvgIpc) is 2.47. The zero-order valence-electron chi connectivity index (χ0n) is 10.9. The first kappa shape index (κ1) is 14.4. The molecule has 0 spiro atoms. The number of sulfonamides is 1. The van der Waals surface area contributed by atoms with Gasteiger partial charge in [0.05, 0.1) is 18.6 Å². The lowest BCUT2D eigenvalue weighted by Gasteiger charge is -2.11. The van der Waals surface area contributed by atoms with Crippen molar-refractivity contribution in [2.24, 2.45) is 0 Å². The molecule has 2 aromatic carbocycles. The van der Waals surface area contributed by atoms with Gasteiger partial charge in [-0.25, -0.2) is 8.42 Å². The van der Waals surface area contributed by atoms with Crippen LogP contribution in [0.4, 0.5) is 5.69 Å². The van der Waals surface area contributed by atoms with Crippen molar-refractivity contribution in [2.45, 2.75) is 11.5 Å². The first-order valence-corrected chi connectivity index (χ1v) is 7.41. The highest BCUT2D eigenvalue weighted by Gasteiger charge is 2.16. The molecule has 2 rings (SSSR count). The summed E-state index contributed by atoms with van der Waals surface area (Å²) in [5.41, 5.74) is 0.900. The molecular weight excluding hydrogens is 278 g/mol. The Morgan fingerprint density at radius 3 is 2.45 bits per heavy atom. The third kappa shape index (κ3) is 3.09. The van der Waals surface area contributed by atoms with E-state index in [0.717, 1.165) is 0 Å². The fraction of sp³-hybridized carbons (Fsp3) is 0.143. The molecule has 20 heavy (non-hydrogen) atoms. The Bertz CT molecular complexity index is 684. The van der Waals surface area contributed by atoms with E-state index in [1.165, 1.54) is 25.3 Å². The number of nitrogens with one attached hydrogen (secondary N) is 1. The van der Waals surface area contributed by atoms with Crippen LogP contribution in [0.2, 0.25) is 0 Å². The van der Waals surface area contributed by atoms with E-state index in [1.807, 2.05) is 0 Å². The number of para-hydroxylation sites is 1. The number of rotatable bonds is 5. The van der Waals surface area contributed by atoms with Crippen LogP contribution < -0.4 is 9.46 Å². The van der Waals surface area contributed by atoms with Crippen molar-refractivity contribution in [3.8, 4) is 5.75 Å². The maximum Gasteiger partial charge on any atom is 0.261 e. The van der Waals surface area contributed by atoms with Gasteiger partial charge in [0.2, 0.25) is 0 Å². The van der Waals surface area contributed by atoms with E-state index < -0.39 is 10.0 Å². The molecule has 0 atom stereocenters. The molecule has 0 radical (unpaired) electrons. The van der Waals surface area contributed by atoms with Crippen molar-refractivity contribution >= 4 is 15.7 Å². The molecule has 5 nitrogen and oxygen atoms in total. The molecule has 6 heteroatoms. The lowest BCUT2D eigenvalue weighted by atomic mass is 10.2. The molecule has 2 N–H and O–H groups in total. The minimum Gasteiger partial charge on any atom is -0.496 e. The fourth-order valence-electron chi connectivity index (χ4n) is 1.77. The van der Waals surface area contributed by atoms with Crippen LogP contribution in [0, 0.1) is 0 Å². The molecule has 0 bridgehead atoms. The number of hydrogen-bond acceptors (Lipinski definition) is 4. The molecule has 0 aliphatic carbocycles. The number of ether oxygens (including phenoxy) is 1. The molecule has 0 aliphatic heterocycles. The second-order valence-electron chi connectivity index (χ2n) is 4.10. The molecule has 0 unspecified atom stereocenters. The van der Waals surface area contributed by atoms with Crippen LogP contribution >= 0.6 is 0 Å². The molecular formula is C14H15NO4S. The predicted molar refractivity (Wildman–Crippen MR) is 76.2 cm³/mol. The van der Waals surface area contributed by atoms with Crippen LogP contribution in [0.3, 0.4) is 0 Å². The normalized spacial score (nSPS) is 11.1. The molecule has 2 aromatic rings. The summed E-state index contributed by atoms with van der Waals surface area (Å²) in [5.74, 6) is 0.450. The van der Waals surface area contributed by atoms with Crippen LogP contribution in [0.5, 0.6) is 5.75 Å². The summed E-state index contributed by atoms with van der Waals surface area (Å²) in [7, 11) is -2.22. The minimum absolute atomic E-state index is 0.0752. The predicted octanol–water partition coefficient (Wildman–Crippen LogP) is 1.99. The second kappa shape index (κ2) is 5.94. The molecule has 106 valence electrons. The number of aliphatic hydroxyl groups excluding tert-OH is 1. The Morgan fingerprint density at radius 2 is 1.85 bits per heavy atom. The van der Waals surface area contributed by atoms with Gasteiger partial charge in [-0.15, -0.1) is 0 Å². The summed E-state index contributed by atoms with van der Waals surface area (Å²) >= 11 is 0. The van der Waals surface area contributed by atoms with Gasteiger partial charge in [0, 0.05) is 11.3 Å². The monoisotopic (exact) mass is 293 g/mol. The van der Waals surface area contributed by atoms with E-state index in [-0.39, 0.29) is 11.5 Å². The lowest BCUT2D eigenvalue weighted by molar-refractivity contribution is 0.273. The number of hydrogen-bond donors (Lipinski definition) is 2. The van der Waals surface area contributed by atoms with E-state index in [1.54, 1.807) is 30.3 Å². The van der Waals surface area contributed by atoms with Gasteiger partial charge in [0.15, 0.2) is 0 Å². The molecule has 0 fully saturated rings. The molecule has 0 aromatic heterocycles. The first-order chi connectivity index (χ1) is 9.56. The Kier molecular flexibility index (Phi) is 4.26. The van der Waals surface area contributed by atoms with Gasteiger partial charge in [-0.1, -0.05) is 18.2 Å². The number of methoxy groups -OCH3 is 1. The maximum absolute atomic E-state index is 12.2. The van der Waals surface area contributed by atoms with Crippen LogP contribution in [-0.2, 0) is 16.6 Å². The van der Waals surface area contributed by atoms with Gasteiger partial charge in [0.1, 0.15) is 5.75 Å². The van der Waals surface area contributed by atoms with E-state index >= 15 is 0 Å². The summed E-state index contributed by atoms with van der Waals surface area (Å²) < 4.78 is 32.0. The van der Waals surface area contributed by atoms with E-state index in [2.05, 4.69) is 4.72 Å².